The van der Waals surface area contributed by atoms with Gasteiger partial charge in [-0.1, -0.05) is 52.3 Å². The van der Waals surface area contributed by atoms with Gasteiger partial charge in [-0.05, 0) is 18.1 Å². The molecule has 118 valence electrons. The van der Waals surface area contributed by atoms with Gasteiger partial charge in [-0.2, -0.15) is 0 Å². The maximum absolute atomic E-state index is 10.3. The molecule has 0 aliphatic heterocycles. The molecule has 0 rings (SSSR count). The number of allylic oxidation sites excluding steroid dienone is 1. The Labute approximate surface area is 133 Å². The third-order valence-electron chi connectivity index (χ3n) is 3.59. The molecule has 0 spiro atoms. The van der Waals surface area contributed by atoms with Gasteiger partial charge < -0.3 is 9.53 Å². The minimum Gasteiger partial charge on any atom is -0.414 e. The molecule has 2 nitrogen and oxygen atoms in total. The Morgan fingerprint density at radius 2 is 1.76 bits per heavy atom. The predicted molar refractivity (Wildman–Crippen MR) is 97.2 cm³/mol. The largest absolute Gasteiger partial charge is 0.414 e. The van der Waals surface area contributed by atoms with Gasteiger partial charge in [0.05, 0.1) is 6.61 Å². The fraction of sp³-hybridized carbons (Fsp3) is 0.647. The van der Waals surface area contributed by atoms with Crippen LogP contribution in [0.1, 0.15) is 20.8 Å². The molecule has 0 unspecified atom stereocenters. The van der Waals surface area contributed by atoms with E-state index in [2.05, 4.69) is 70.9 Å². The van der Waals surface area contributed by atoms with Crippen LogP contribution in [0.25, 0.3) is 0 Å². The number of rotatable bonds is 4. The zero-order chi connectivity index (χ0) is 16.9. The van der Waals surface area contributed by atoms with Gasteiger partial charge in [0.15, 0.2) is 8.32 Å². The van der Waals surface area contributed by atoms with E-state index < -0.39 is 22.5 Å². The standard InChI is InChI=1S/C17H30O2Si2/c1-10-11-15(12-13-20(5,6)7)16(18)14-19-21(8,9)17(2,3)4/h1,11,16,18H,14H2,2-9H3/b15-11+/t16-/m1/s1. The first-order valence-electron chi connectivity index (χ1n) is 7.31. The topological polar surface area (TPSA) is 29.5 Å². The zero-order valence-corrected chi connectivity index (χ0v) is 16.8. The van der Waals surface area contributed by atoms with Gasteiger partial charge in [0.2, 0.25) is 0 Å². The van der Waals surface area contributed by atoms with Crippen molar-refractivity contribution in [2.75, 3.05) is 6.61 Å². The molecule has 0 saturated carbocycles. The smallest absolute Gasteiger partial charge is 0.192 e. The van der Waals surface area contributed by atoms with E-state index in [9.17, 15) is 5.11 Å². The Balaban J connectivity index is 4.97. The van der Waals surface area contributed by atoms with Gasteiger partial charge in [0, 0.05) is 11.6 Å². The van der Waals surface area contributed by atoms with E-state index >= 15 is 0 Å². The summed E-state index contributed by atoms with van der Waals surface area (Å²) in [5.74, 6) is 5.51. The minimum atomic E-state index is -1.87. The van der Waals surface area contributed by atoms with Crippen molar-refractivity contribution in [2.24, 2.45) is 0 Å². The Hall–Kier alpha value is -0.786. The molecular formula is C17H30O2Si2. The van der Waals surface area contributed by atoms with Crippen LogP contribution in [-0.4, -0.2) is 34.2 Å². The van der Waals surface area contributed by atoms with E-state index in [4.69, 9.17) is 10.8 Å². The lowest BCUT2D eigenvalue weighted by atomic mass is 10.1. The number of aliphatic hydroxyl groups is 1. The van der Waals surface area contributed by atoms with Gasteiger partial charge >= 0.3 is 0 Å². The van der Waals surface area contributed by atoms with Crippen LogP contribution in [0.3, 0.4) is 0 Å². The second-order valence-electron chi connectivity index (χ2n) is 7.85. The number of hydrogen-bond donors (Lipinski definition) is 1. The van der Waals surface area contributed by atoms with Crippen molar-refractivity contribution in [3.05, 3.63) is 11.6 Å². The summed E-state index contributed by atoms with van der Waals surface area (Å²) < 4.78 is 6.04. The summed E-state index contributed by atoms with van der Waals surface area (Å²) in [7, 11) is -3.37. The summed E-state index contributed by atoms with van der Waals surface area (Å²) in [6, 6.07) is 0. The van der Waals surface area contributed by atoms with Crippen LogP contribution in [0.15, 0.2) is 11.6 Å². The van der Waals surface area contributed by atoms with Crippen molar-refractivity contribution >= 4 is 16.4 Å². The summed E-state index contributed by atoms with van der Waals surface area (Å²) in [5, 5.41) is 10.4. The van der Waals surface area contributed by atoms with E-state index in [1.54, 1.807) is 6.08 Å². The van der Waals surface area contributed by atoms with E-state index in [1.807, 2.05) is 0 Å². The third kappa shape index (κ3) is 7.69. The normalized spacial score (nSPS) is 15.0. The van der Waals surface area contributed by atoms with Crippen molar-refractivity contribution < 1.29 is 9.53 Å². The molecule has 4 heteroatoms. The van der Waals surface area contributed by atoms with Crippen molar-refractivity contribution in [3.8, 4) is 23.8 Å². The van der Waals surface area contributed by atoms with Crippen LogP contribution in [0, 0.1) is 23.8 Å². The molecule has 0 aromatic carbocycles. The average Bonchev–Trinajstić information content (AvgIpc) is 2.29. The molecule has 0 aliphatic rings. The number of hydrogen-bond acceptors (Lipinski definition) is 2. The van der Waals surface area contributed by atoms with Crippen LogP contribution in [-0.2, 0) is 4.43 Å². The molecule has 1 atom stereocenters. The highest BCUT2D eigenvalue weighted by Gasteiger charge is 2.37. The maximum atomic E-state index is 10.3. The van der Waals surface area contributed by atoms with Crippen molar-refractivity contribution in [1.29, 1.82) is 0 Å². The van der Waals surface area contributed by atoms with Crippen molar-refractivity contribution in [3.63, 3.8) is 0 Å². The molecule has 0 aliphatic carbocycles. The van der Waals surface area contributed by atoms with Crippen LogP contribution < -0.4 is 0 Å². The molecule has 0 amide bonds. The summed E-state index contributed by atoms with van der Waals surface area (Å²) in [6.45, 7) is 17.6. The lowest BCUT2D eigenvalue weighted by molar-refractivity contribution is 0.130. The Kier molecular flexibility index (Phi) is 7.19. The monoisotopic (exact) mass is 322 g/mol. The Morgan fingerprint density at radius 1 is 1.24 bits per heavy atom. The SMILES string of the molecule is C#C/C=C(\C#C[Si](C)(C)C)[C@H](O)CO[Si](C)(C)C(C)(C)C. The molecular weight excluding hydrogens is 292 g/mol. The van der Waals surface area contributed by atoms with Gasteiger partial charge in [-0.15, -0.1) is 12.0 Å². The predicted octanol–water partition coefficient (Wildman–Crippen LogP) is 3.81. The molecule has 0 aromatic rings. The lowest BCUT2D eigenvalue weighted by Gasteiger charge is -2.36. The van der Waals surface area contributed by atoms with Crippen LogP contribution in [0.5, 0.6) is 0 Å². The van der Waals surface area contributed by atoms with E-state index in [1.165, 1.54) is 0 Å². The molecule has 0 fully saturated rings. The molecule has 1 N–H and O–H groups in total. The fourth-order valence-electron chi connectivity index (χ4n) is 1.16. The number of aliphatic hydroxyl groups excluding tert-OH is 1. The molecule has 0 bridgehead atoms. The summed E-state index contributed by atoms with van der Waals surface area (Å²) >= 11 is 0. The van der Waals surface area contributed by atoms with Gasteiger partial charge in [0.1, 0.15) is 14.2 Å². The highest BCUT2D eigenvalue weighted by Crippen LogP contribution is 2.36. The summed E-state index contributed by atoms with van der Waals surface area (Å²) in [5.41, 5.74) is 3.82. The molecule has 0 saturated heterocycles. The molecule has 0 radical (unpaired) electrons. The first-order valence-corrected chi connectivity index (χ1v) is 13.7. The second kappa shape index (κ2) is 7.47. The van der Waals surface area contributed by atoms with E-state index in [0.29, 0.717) is 5.57 Å². The Morgan fingerprint density at radius 3 is 2.14 bits per heavy atom. The first kappa shape index (κ1) is 20.2. The van der Waals surface area contributed by atoms with E-state index in [0.717, 1.165) is 0 Å². The first-order chi connectivity index (χ1) is 9.30. The van der Waals surface area contributed by atoms with E-state index in [-0.39, 0.29) is 11.6 Å². The van der Waals surface area contributed by atoms with Crippen LogP contribution >= 0.6 is 0 Å². The van der Waals surface area contributed by atoms with Gasteiger partial charge in [-0.3, -0.25) is 0 Å². The highest BCUT2D eigenvalue weighted by molar-refractivity contribution is 6.83. The molecule has 0 heterocycles. The Bertz CT molecular complexity index is 474. The quantitative estimate of drug-likeness (QED) is 0.630. The summed E-state index contributed by atoms with van der Waals surface area (Å²) in [4.78, 5) is 0. The van der Waals surface area contributed by atoms with Crippen molar-refractivity contribution in [1.82, 2.24) is 0 Å². The second-order valence-corrected chi connectivity index (χ2v) is 17.4. The number of terminal acetylenes is 1. The molecule has 21 heavy (non-hydrogen) atoms. The van der Waals surface area contributed by atoms with Crippen molar-refractivity contribution in [2.45, 2.75) is 64.6 Å². The lowest BCUT2D eigenvalue weighted by Crippen LogP contribution is -2.42. The molecule has 0 aromatic heterocycles. The van der Waals surface area contributed by atoms with Gasteiger partial charge in [-0.25, -0.2) is 0 Å². The minimum absolute atomic E-state index is 0.118. The highest BCUT2D eigenvalue weighted by atomic mass is 28.4. The third-order valence-corrected chi connectivity index (χ3v) is 8.96. The maximum Gasteiger partial charge on any atom is 0.192 e. The van der Waals surface area contributed by atoms with Crippen LogP contribution in [0.2, 0.25) is 37.8 Å². The van der Waals surface area contributed by atoms with Gasteiger partial charge in [0.25, 0.3) is 0 Å². The van der Waals surface area contributed by atoms with Crippen LogP contribution in [0.4, 0.5) is 0 Å². The fourth-order valence-corrected chi connectivity index (χ4v) is 2.69. The average molecular weight is 323 g/mol. The zero-order valence-electron chi connectivity index (χ0n) is 14.8. The summed E-state index contributed by atoms with van der Waals surface area (Å²) in [6.07, 6.45) is 6.13.